The standard InChI is InChI=1S/C18H16N2O4/c1-23-16-9-5-3-7-14(16)18(22)24-11-10-20-12-19-15-8-4-2-6-13(15)17(20)21/h2-9,12H,10-11H2,1H3. The van der Waals surface area contributed by atoms with Crippen LogP contribution in [0.3, 0.4) is 0 Å². The summed E-state index contributed by atoms with van der Waals surface area (Å²) >= 11 is 0. The van der Waals surface area contributed by atoms with Gasteiger partial charge in [-0.05, 0) is 24.3 Å². The van der Waals surface area contributed by atoms with Crippen LogP contribution in [-0.4, -0.2) is 29.2 Å². The highest BCUT2D eigenvalue weighted by atomic mass is 16.5. The molecule has 24 heavy (non-hydrogen) atoms. The summed E-state index contributed by atoms with van der Waals surface area (Å²) < 4.78 is 11.8. The molecule has 0 radical (unpaired) electrons. The third kappa shape index (κ3) is 3.12. The molecule has 2 aromatic carbocycles. The van der Waals surface area contributed by atoms with Crippen molar-refractivity contribution in [2.75, 3.05) is 13.7 Å². The van der Waals surface area contributed by atoms with Crippen molar-refractivity contribution in [2.24, 2.45) is 0 Å². The molecule has 0 unspecified atom stereocenters. The van der Waals surface area contributed by atoms with E-state index in [1.807, 2.05) is 6.07 Å². The Morgan fingerprint density at radius 2 is 1.88 bits per heavy atom. The average Bonchev–Trinajstić information content (AvgIpc) is 2.63. The number of para-hydroxylation sites is 2. The summed E-state index contributed by atoms with van der Waals surface area (Å²) in [5.74, 6) is -0.0405. The fourth-order valence-electron chi connectivity index (χ4n) is 2.39. The third-order valence-corrected chi connectivity index (χ3v) is 3.62. The topological polar surface area (TPSA) is 70.4 Å². The van der Waals surface area contributed by atoms with Gasteiger partial charge in [0.2, 0.25) is 0 Å². The molecule has 0 aliphatic rings. The van der Waals surface area contributed by atoms with Crippen LogP contribution in [0.15, 0.2) is 59.7 Å². The predicted octanol–water partition coefficient (Wildman–Crippen LogP) is 2.26. The number of hydrogen-bond acceptors (Lipinski definition) is 5. The summed E-state index contributed by atoms with van der Waals surface area (Å²) in [5.41, 5.74) is 0.836. The minimum absolute atomic E-state index is 0.0663. The number of fused-ring (bicyclic) bond motifs is 1. The van der Waals surface area contributed by atoms with E-state index in [-0.39, 0.29) is 18.7 Å². The van der Waals surface area contributed by atoms with E-state index in [4.69, 9.17) is 9.47 Å². The monoisotopic (exact) mass is 324 g/mol. The summed E-state index contributed by atoms with van der Waals surface area (Å²) in [5, 5.41) is 0.538. The number of hydrogen-bond donors (Lipinski definition) is 0. The number of methoxy groups -OCH3 is 1. The van der Waals surface area contributed by atoms with Crippen molar-refractivity contribution in [2.45, 2.75) is 6.54 Å². The summed E-state index contributed by atoms with van der Waals surface area (Å²) in [6.07, 6.45) is 1.46. The second-order valence-corrected chi connectivity index (χ2v) is 5.10. The van der Waals surface area contributed by atoms with Crippen LogP contribution in [0.2, 0.25) is 0 Å². The molecular formula is C18H16N2O4. The zero-order valence-electron chi connectivity index (χ0n) is 13.1. The molecule has 6 heteroatoms. The maximum absolute atomic E-state index is 12.3. The molecule has 0 amide bonds. The van der Waals surface area contributed by atoms with Crippen LogP contribution in [0.25, 0.3) is 10.9 Å². The van der Waals surface area contributed by atoms with Crippen LogP contribution in [0.4, 0.5) is 0 Å². The predicted molar refractivity (Wildman–Crippen MR) is 89.3 cm³/mol. The Morgan fingerprint density at radius 3 is 2.71 bits per heavy atom. The highest BCUT2D eigenvalue weighted by molar-refractivity contribution is 5.92. The molecule has 0 fully saturated rings. The lowest BCUT2D eigenvalue weighted by Crippen LogP contribution is -2.23. The van der Waals surface area contributed by atoms with Crippen LogP contribution >= 0.6 is 0 Å². The van der Waals surface area contributed by atoms with Gasteiger partial charge in [-0.15, -0.1) is 0 Å². The van der Waals surface area contributed by atoms with Gasteiger partial charge in [-0.25, -0.2) is 9.78 Å². The maximum Gasteiger partial charge on any atom is 0.341 e. The highest BCUT2D eigenvalue weighted by Crippen LogP contribution is 2.18. The van der Waals surface area contributed by atoms with E-state index in [0.717, 1.165) is 0 Å². The Hall–Kier alpha value is -3.15. The number of carbonyl (C=O) groups excluding carboxylic acids is 1. The molecule has 0 atom stereocenters. The molecule has 1 heterocycles. The molecule has 0 bridgehead atoms. The van der Waals surface area contributed by atoms with Gasteiger partial charge in [-0.1, -0.05) is 24.3 Å². The number of nitrogens with zero attached hydrogens (tertiary/aromatic N) is 2. The molecule has 0 N–H and O–H groups in total. The van der Waals surface area contributed by atoms with Gasteiger partial charge in [0.05, 0.1) is 30.9 Å². The van der Waals surface area contributed by atoms with Crippen molar-refractivity contribution in [3.05, 3.63) is 70.8 Å². The van der Waals surface area contributed by atoms with Crippen LogP contribution in [-0.2, 0) is 11.3 Å². The van der Waals surface area contributed by atoms with Crippen molar-refractivity contribution in [3.63, 3.8) is 0 Å². The summed E-state index contributed by atoms with van der Waals surface area (Å²) in [6, 6.07) is 13.9. The Labute approximate surface area is 138 Å². The van der Waals surface area contributed by atoms with Crippen molar-refractivity contribution in [1.82, 2.24) is 9.55 Å². The van der Waals surface area contributed by atoms with E-state index in [1.54, 1.807) is 42.5 Å². The molecule has 122 valence electrons. The lowest BCUT2D eigenvalue weighted by atomic mass is 10.2. The Balaban J connectivity index is 1.69. The summed E-state index contributed by atoms with van der Waals surface area (Å²) in [7, 11) is 1.49. The fraction of sp³-hybridized carbons (Fsp3) is 0.167. The van der Waals surface area contributed by atoms with Gasteiger partial charge < -0.3 is 9.47 Å². The molecule has 3 rings (SSSR count). The maximum atomic E-state index is 12.3. The Kier molecular flexibility index (Phi) is 4.56. The number of esters is 1. The van der Waals surface area contributed by atoms with E-state index < -0.39 is 5.97 Å². The first-order valence-electron chi connectivity index (χ1n) is 7.45. The first-order chi connectivity index (χ1) is 11.7. The molecule has 1 aromatic heterocycles. The highest BCUT2D eigenvalue weighted by Gasteiger charge is 2.13. The quantitative estimate of drug-likeness (QED) is 0.673. The van der Waals surface area contributed by atoms with E-state index >= 15 is 0 Å². The minimum Gasteiger partial charge on any atom is -0.496 e. The van der Waals surface area contributed by atoms with Gasteiger partial charge in [0.15, 0.2) is 0 Å². The first kappa shape index (κ1) is 15.7. The van der Waals surface area contributed by atoms with E-state index in [0.29, 0.717) is 22.2 Å². The smallest absolute Gasteiger partial charge is 0.341 e. The van der Waals surface area contributed by atoms with Crippen molar-refractivity contribution < 1.29 is 14.3 Å². The van der Waals surface area contributed by atoms with Gasteiger partial charge >= 0.3 is 5.97 Å². The van der Waals surface area contributed by atoms with Crippen LogP contribution in [0.5, 0.6) is 5.75 Å². The van der Waals surface area contributed by atoms with Crippen LogP contribution in [0.1, 0.15) is 10.4 Å². The van der Waals surface area contributed by atoms with Gasteiger partial charge in [0, 0.05) is 0 Å². The SMILES string of the molecule is COc1ccccc1C(=O)OCCn1cnc2ccccc2c1=O. The van der Waals surface area contributed by atoms with Crippen molar-refractivity contribution in [1.29, 1.82) is 0 Å². The second kappa shape index (κ2) is 6.95. The lowest BCUT2D eigenvalue weighted by Gasteiger charge is -2.10. The molecular weight excluding hydrogens is 308 g/mol. The number of aromatic nitrogens is 2. The van der Waals surface area contributed by atoms with Crippen LogP contribution in [0, 0.1) is 0 Å². The van der Waals surface area contributed by atoms with Gasteiger partial charge in [0.1, 0.15) is 17.9 Å². The molecule has 0 saturated carbocycles. The van der Waals surface area contributed by atoms with E-state index in [1.165, 1.54) is 18.0 Å². The molecule has 0 aliphatic carbocycles. The van der Waals surface area contributed by atoms with Crippen molar-refractivity contribution in [3.8, 4) is 5.75 Å². The lowest BCUT2D eigenvalue weighted by molar-refractivity contribution is 0.0486. The number of rotatable bonds is 5. The van der Waals surface area contributed by atoms with Gasteiger partial charge in [-0.3, -0.25) is 9.36 Å². The summed E-state index contributed by atoms with van der Waals surface area (Å²) in [4.78, 5) is 28.7. The largest absolute Gasteiger partial charge is 0.496 e. The van der Waals surface area contributed by atoms with Gasteiger partial charge in [0.25, 0.3) is 5.56 Å². The van der Waals surface area contributed by atoms with E-state index in [2.05, 4.69) is 4.98 Å². The molecule has 0 saturated heterocycles. The average molecular weight is 324 g/mol. The molecule has 6 nitrogen and oxygen atoms in total. The van der Waals surface area contributed by atoms with Crippen molar-refractivity contribution >= 4 is 16.9 Å². The number of ether oxygens (including phenoxy) is 2. The zero-order valence-corrected chi connectivity index (χ0v) is 13.1. The first-order valence-corrected chi connectivity index (χ1v) is 7.45. The third-order valence-electron chi connectivity index (χ3n) is 3.62. The number of carbonyl (C=O) groups is 1. The Morgan fingerprint density at radius 1 is 1.12 bits per heavy atom. The number of benzene rings is 2. The zero-order chi connectivity index (χ0) is 16.9. The van der Waals surface area contributed by atoms with Gasteiger partial charge in [-0.2, -0.15) is 0 Å². The Bertz CT molecular complexity index is 933. The second-order valence-electron chi connectivity index (χ2n) is 5.10. The van der Waals surface area contributed by atoms with E-state index in [9.17, 15) is 9.59 Å². The molecule has 3 aromatic rings. The normalized spacial score (nSPS) is 10.5. The summed E-state index contributed by atoms with van der Waals surface area (Å²) in [6.45, 7) is 0.300. The molecule has 0 aliphatic heterocycles. The minimum atomic E-state index is -0.491. The fourth-order valence-corrected chi connectivity index (χ4v) is 2.39. The van der Waals surface area contributed by atoms with Crippen LogP contribution < -0.4 is 10.3 Å². The molecule has 0 spiro atoms.